The molecule has 0 bridgehead atoms. The predicted octanol–water partition coefficient (Wildman–Crippen LogP) is 3.03. The molecular weight excluding hydrogens is 416 g/mol. The zero-order valence-corrected chi connectivity index (χ0v) is 19.6. The van der Waals surface area contributed by atoms with Gasteiger partial charge < -0.3 is 37.9 Å². The van der Waals surface area contributed by atoms with E-state index in [9.17, 15) is 0 Å². The lowest BCUT2D eigenvalue weighted by Crippen LogP contribution is -2.24. The molecule has 0 amide bonds. The second-order valence-electron chi connectivity index (χ2n) is 7.04. The number of terminal acetylenes is 1. The Hall–Kier alpha value is -1.70. The van der Waals surface area contributed by atoms with Crippen LogP contribution in [0.1, 0.15) is 24.8 Å². The summed E-state index contributed by atoms with van der Waals surface area (Å²) in [6, 6.07) is 8.02. The number of methoxy groups -OCH3 is 3. The molecule has 0 aliphatic carbocycles. The van der Waals surface area contributed by atoms with E-state index in [1.807, 2.05) is 18.2 Å². The zero-order valence-electron chi connectivity index (χ0n) is 19.6. The summed E-state index contributed by atoms with van der Waals surface area (Å²) in [6.45, 7) is 2.43. The Kier molecular flexibility index (Phi) is 17.7. The Morgan fingerprint density at radius 1 is 0.875 bits per heavy atom. The molecule has 0 radical (unpaired) electrons. The van der Waals surface area contributed by atoms with Crippen molar-refractivity contribution in [3.05, 3.63) is 29.8 Å². The number of hydrogen-bond donors (Lipinski definition) is 0. The molecule has 182 valence electrons. The number of benzene rings is 1. The van der Waals surface area contributed by atoms with Crippen molar-refractivity contribution in [1.82, 2.24) is 0 Å². The average Bonchev–Trinajstić information content (AvgIpc) is 2.81. The smallest absolute Gasteiger partial charge is 0.188 e. The highest BCUT2D eigenvalue weighted by Crippen LogP contribution is 2.16. The van der Waals surface area contributed by atoms with Gasteiger partial charge in [-0.15, -0.1) is 12.3 Å². The third-order valence-electron chi connectivity index (χ3n) is 4.40. The number of ether oxygens (including phenoxy) is 8. The minimum atomic E-state index is -0.184. The second kappa shape index (κ2) is 19.9. The maximum atomic E-state index is 5.74. The van der Waals surface area contributed by atoms with Gasteiger partial charge in [-0.1, -0.05) is 12.1 Å². The Labute approximate surface area is 192 Å². The van der Waals surface area contributed by atoms with Gasteiger partial charge in [0.2, 0.25) is 0 Å². The Morgan fingerprint density at radius 3 is 2.19 bits per heavy atom. The molecule has 1 aromatic carbocycles. The van der Waals surface area contributed by atoms with Gasteiger partial charge >= 0.3 is 0 Å². The van der Waals surface area contributed by atoms with Crippen LogP contribution in [0.15, 0.2) is 24.3 Å². The maximum Gasteiger partial charge on any atom is 0.188 e. The van der Waals surface area contributed by atoms with Gasteiger partial charge in [-0.3, -0.25) is 0 Å². The normalized spacial score (nSPS) is 12.9. The molecule has 0 aliphatic heterocycles. The van der Waals surface area contributed by atoms with Gasteiger partial charge in [0.05, 0.1) is 38.6 Å². The molecule has 0 saturated carbocycles. The van der Waals surface area contributed by atoms with Crippen LogP contribution in [0.4, 0.5) is 0 Å². The lowest BCUT2D eigenvalue weighted by atomic mass is 10.1. The maximum absolute atomic E-state index is 5.74. The molecule has 32 heavy (non-hydrogen) atoms. The van der Waals surface area contributed by atoms with E-state index in [0.29, 0.717) is 32.8 Å². The largest absolute Gasteiger partial charge is 0.468 e. The van der Waals surface area contributed by atoms with Crippen molar-refractivity contribution in [3.8, 4) is 18.1 Å². The lowest BCUT2D eigenvalue weighted by Gasteiger charge is -2.18. The molecule has 8 nitrogen and oxygen atoms in total. The molecule has 2 atom stereocenters. The number of rotatable bonds is 21. The molecule has 0 saturated heterocycles. The molecule has 0 heterocycles. The molecule has 0 fully saturated rings. The SMILES string of the molecule is C#CC[C@@H](COCCOC[C@H](CCCc1cccc(OCOC)c1)OCOC)OCOC. The molecule has 0 aliphatic rings. The molecule has 0 aromatic heterocycles. The van der Waals surface area contributed by atoms with E-state index in [2.05, 4.69) is 12.0 Å². The summed E-state index contributed by atoms with van der Waals surface area (Å²) in [5, 5.41) is 0. The molecule has 0 unspecified atom stereocenters. The topological polar surface area (TPSA) is 73.8 Å². The van der Waals surface area contributed by atoms with Gasteiger partial charge in [0, 0.05) is 27.8 Å². The van der Waals surface area contributed by atoms with Crippen LogP contribution in [0.2, 0.25) is 0 Å². The van der Waals surface area contributed by atoms with Crippen molar-refractivity contribution in [3.63, 3.8) is 0 Å². The van der Waals surface area contributed by atoms with E-state index in [1.54, 1.807) is 21.3 Å². The summed E-state index contributed by atoms with van der Waals surface area (Å²) < 4.78 is 42.9. The fourth-order valence-corrected chi connectivity index (χ4v) is 2.84. The quantitative estimate of drug-likeness (QED) is 0.159. The van der Waals surface area contributed by atoms with Crippen LogP contribution in [-0.2, 0) is 39.6 Å². The van der Waals surface area contributed by atoms with E-state index >= 15 is 0 Å². The molecule has 0 N–H and O–H groups in total. The summed E-state index contributed by atoms with van der Waals surface area (Å²) in [4.78, 5) is 0. The first-order valence-corrected chi connectivity index (χ1v) is 10.7. The standard InChI is InChI=1S/C24H38O8/c1-5-8-23(31-19-26-3)16-28-13-14-29-17-24(32-20-27-4)12-7-10-21-9-6-11-22(15-21)30-18-25-2/h1,6,9,11,15,23-24H,7-8,10,12-14,16-20H2,2-4H3/t23-,24-/m0/s1. The van der Waals surface area contributed by atoms with Crippen molar-refractivity contribution >= 4 is 0 Å². The van der Waals surface area contributed by atoms with Crippen LogP contribution in [0, 0.1) is 12.3 Å². The summed E-state index contributed by atoms with van der Waals surface area (Å²) in [5.41, 5.74) is 1.20. The predicted molar refractivity (Wildman–Crippen MR) is 120 cm³/mol. The van der Waals surface area contributed by atoms with Crippen molar-refractivity contribution in [2.24, 2.45) is 0 Å². The highest BCUT2D eigenvalue weighted by Gasteiger charge is 2.11. The highest BCUT2D eigenvalue weighted by molar-refractivity contribution is 5.28. The van der Waals surface area contributed by atoms with Crippen molar-refractivity contribution in [2.75, 3.05) is 68.1 Å². The molecule has 0 spiro atoms. The van der Waals surface area contributed by atoms with E-state index in [-0.39, 0.29) is 32.6 Å². The fourth-order valence-electron chi connectivity index (χ4n) is 2.84. The minimum absolute atomic E-state index is 0.0536. The van der Waals surface area contributed by atoms with E-state index in [4.69, 9.17) is 44.3 Å². The fraction of sp³-hybridized carbons (Fsp3) is 0.667. The zero-order chi connectivity index (χ0) is 23.3. The van der Waals surface area contributed by atoms with Gasteiger partial charge in [0.15, 0.2) is 6.79 Å². The molecular formula is C24H38O8. The van der Waals surface area contributed by atoms with Gasteiger partial charge in [-0.25, -0.2) is 0 Å². The Morgan fingerprint density at radius 2 is 1.53 bits per heavy atom. The average molecular weight is 455 g/mol. The van der Waals surface area contributed by atoms with Crippen LogP contribution < -0.4 is 4.74 Å². The summed E-state index contributed by atoms with van der Waals surface area (Å²) >= 11 is 0. The van der Waals surface area contributed by atoms with Crippen LogP contribution in [0.5, 0.6) is 5.75 Å². The third kappa shape index (κ3) is 14.4. The van der Waals surface area contributed by atoms with Crippen LogP contribution in [-0.4, -0.2) is 80.3 Å². The van der Waals surface area contributed by atoms with Gasteiger partial charge in [0.1, 0.15) is 19.3 Å². The molecule has 1 rings (SSSR count). The second-order valence-corrected chi connectivity index (χ2v) is 7.04. The molecule has 8 heteroatoms. The van der Waals surface area contributed by atoms with Crippen LogP contribution >= 0.6 is 0 Å². The van der Waals surface area contributed by atoms with E-state index in [1.165, 1.54) is 5.56 Å². The summed E-state index contributed by atoms with van der Waals surface area (Å²) in [5.74, 6) is 3.38. The number of aryl methyl sites for hydroxylation is 1. The summed E-state index contributed by atoms with van der Waals surface area (Å²) in [7, 11) is 4.78. The summed E-state index contributed by atoms with van der Waals surface area (Å²) in [6.07, 6.45) is 8.29. The first-order valence-electron chi connectivity index (χ1n) is 10.7. The highest BCUT2D eigenvalue weighted by atomic mass is 16.7. The Bertz CT molecular complexity index is 604. The van der Waals surface area contributed by atoms with Crippen molar-refractivity contribution in [1.29, 1.82) is 0 Å². The van der Waals surface area contributed by atoms with E-state index in [0.717, 1.165) is 25.0 Å². The minimum Gasteiger partial charge on any atom is -0.468 e. The van der Waals surface area contributed by atoms with Crippen molar-refractivity contribution < 1.29 is 37.9 Å². The van der Waals surface area contributed by atoms with Crippen molar-refractivity contribution in [2.45, 2.75) is 37.9 Å². The monoisotopic (exact) mass is 454 g/mol. The first kappa shape index (κ1) is 28.3. The van der Waals surface area contributed by atoms with Crippen LogP contribution in [0.3, 0.4) is 0 Å². The van der Waals surface area contributed by atoms with Gasteiger partial charge in [-0.05, 0) is 37.0 Å². The van der Waals surface area contributed by atoms with Gasteiger partial charge in [0.25, 0.3) is 0 Å². The Balaban J connectivity index is 2.27. The molecule has 1 aromatic rings. The van der Waals surface area contributed by atoms with Gasteiger partial charge in [-0.2, -0.15) is 0 Å². The number of hydrogen-bond acceptors (Lipinski definition) is 8. The third-order valence-corrected chi connectivity index (χ3v) is 4.40. The first-order chi connectivity index (χ1) is 15.7. The van der Waals surface area contributed by atoms with E-state index < -0.39 is 0 Å². The lowest BCUT2D eigenvalue weighted by molar-refractivity contribution is -0.111. The van der Waals surface area contributed by atoms with Crippen LogP contribution in [0.25, 0.3) is 0 Å².